The molecule has 3 heterocycles. The van der Waals surface area contributed by atoms with Crippen LogP contribution in [0.4, 0.5) is 5.69 Å². The molecule has 0 aromatic carbocycles. The van der Waals surface area contributed by atoms with Crippen LogP contribution in [0.2, 0.25) is 0 Å². The van der Waals surface area contributed by atoms with Crippen molar-refractivity contribution in [3.63, 3.8) is 0 Å². The highest BCUT2D eigenvalue weighted by atomic mass is 16.2. The quantitative estimate of drug-likeness (QED) is 0.841. The van der Waals surface area contributed by atoms with Crippen LogP contribution < -0.4 is 4.90 Å². The highest BCUT2D eigenvalue weighted by molar-refractivity contribution is 5.77. The maximum absolute atomic E-state index is 12.3. The van der Waals surface area contributed by atoms with Crippen molar-refractivity contribution in [1.82, 2.24) is 14.8 Å². The Bertz CT molecular complexity index is 600. The number of aryl methyl sites for hydroxylation is 2. The predicted molar refractivity (Wildman–Crippen MR) is 102 cm³/mol. The lowest BCUT2D eigenvalue weighted by Gasteiger charge is -2.48. The van der Waals surface area contributed by atoms with Gasteiger partial charge in [0.15, 0.2) is 0 Å². The van der Waals surface area contributed by atoms with Crippen molar-refractivity contribution in [2.24, 2.45) is 5.41 Å². The number of aromatic nitrogens is 1. The van der Waals surface area contributed by atoms with Crippen molar-refractivity contribution < 1.29 is 4.79 Å². The van der Waals surface area contributed by atoms with E-state index in [4.69, 9.17) is 0 Å². The van der Waals surface area contributed by atoms with Gasteiger partial charge in [0.1, 0.15) is 0 Å². The average molecular weight is 345 g/mol. The molecule has 5 heteroatoms. The predicted octanol–water partition coefficient (Wildman–Crippen LogP) is 2.47. The lowest BCUT2D eigenvalue weighted by molar-refractivity contribution is -0.138. The molecule has 1 spiro atoms. The van der Waals surface area contributed by atoms with Gasteiger partial charge in [-0.15, -0.1) is 0 Å². The summed E-state index contributed by atoms with van der Waals surface area (Å²) in [5.74, 6) is 0.343. The molecule has 2 fully saturated rings. The van der Waals surface area contributed by atoms with Gasteiger partial charge in [0.05, 0.1) is 0 Å². The van der Waals surface area contributed by atoms with Crippen molar-refractivity contribution in [1.29, 1.82) is 0 Å². The van der Waals surface area contributed by atoms with Crippen LogP contribution in [-0.2, 0) is 4.79 Å². The third kappa shape index (κ3) is 4.32. The Hall–Kier alpha value is -1.62. The van der Waals surface area contributed by atoms with Crippen LogP contribution in [0.5, 0.6) is 0 Å². The average Bonchev–Trinajstić information content (AvgIpc) is 2.56. The fourth-order valence-electron chi connectivity index (χ4n) is 4.27. The Morgan fingerprint density at radius 1 is 1.12 bits per heavy atom. The van der Waals surface area contributed by atoms with E-state index in [1.165, 1.54) is 18.5 Å². The molecular weight excluding hydrogens is 312 g/mol. The van der Waals surface area contributed by atoms with Crippen LogP contribution in [0.25, 0.3) is 0 Å². The van der Waals surface area contributed by atoms with Gasteiger partial charge in [-0.25, -0.2) is 0 Å². The molecule has 5 nitrogen and oxygen atoms in total. The van der Waals surface area contributed by atoms with Crippen molar-refractivity contribution in [3.05, 3.63) is 23.5 Å². The largest absolute Gasteiger partial charge is 0.371 e. The first kappa shape index (κ1) is 18.2. The van der Waals surface area contributed by atoms with Crippen molar-refractivity contribution in [2.75, 3.05) is 51.7 Å². The summed E-state index contributed by atoms with van der Waals surface area (Å²) >= 11 is 0. The van der Waals surface area contributed by atoms with Crippen LogP contribution in [0.3, 0.4) is 0 Å². The maximum atomic E-state index is 12.3. The summed E-state index contributed by atoms with van der Waals surface area (Å²) in [4.78, 5) is 23.5. The molecule has 1 amide bonds. The summed E-state index contributed by atoms with van der Waals surface area (Å²) in [7, 11) is 4.14. The van der Waals surface area contributed by atoms with Gasteiger partial charge in [0, 0.05) is 56.2 Å². The molecule has 0 N–H and O–H groups in total. The number of carbonyl (C=O) groups excluding carboxylic acids is 1. The Morgan fingerprint density at radius 2 is 1.76 bits per heavy atom. The smallest absolute Gasteiger partial charge is 0.222 e. The highest BCUT2D eigenvalue weighted by Gasteiger charge is 2.40. The summed E-state index contributed by atoms with van der Waals surface area (Å²) in [6.45, 7) is 9.05. The molecule has 0 radical (unpaired) electrons. The minimum atomic E-state index is 0.327. The van der Waals surface area contributed by atoms with Gasteiger partial charge in [0.25, 0.3) is 0 Å². The standard InChI is InChI=1S/C20H32N4O/c1-16-13-18(14-17(2)21-16)23-9-7-20(8-10-23)6-5-19(25)24(15-20)12-11-22(3)4/h13-14H,5-12,15H2,1-4H3. The van der Waals surface area contributed by atoms with Crippen molar-refractivity contribution in [3.8, 4) is 0 Å². The summed E-state index contributed by atoms with van der Waals surface area (Å²) in [5, 5.41) is 0. The second kappa shape index (κ2) is 7.32. The lowest BCUT2D eigenvalue weighted by atomic mass is 9.72. The summed E-state index contributed by atoms with van der Waals surface area (Å²) in [6.07, 6.45) is 4.14. The number of amides is 1. The van der Waals surface area contributed by atoms with Crippen LogP contribution >= 0.6 is 0 Å². The van der Waals surface area contributed by atoms with Gasteiger partial charge in [-0.2, -0.15) is 0 Å². The number of anilines is 1. The number of rotatable bonds is 4. The molecule has 1 aromatic rings. The summed E-state index contributed by atoms with van der Waals surface area (Å²) < 4.78 is 0. The molecule has 2 aliphatic heterocycles. The Balaban J connectivity index is 1.63. The SMILES string of the molecule is Cc1cc(N2CCC3(CCC(=O)N(CCN(C)C)C3)CC2)cc(C)n1. The first-order chi connectivity index (χ1) is 11.9. The lowest BCUT2D eigenvalue weighted by Crippen LogP contribution is -2.52. The molecule has 0 saturated carbocycles. The number of nitrogens with zero attached hydrogens (tertiary/aromatic N) is 4. The van der Waals surface area contributed by atoms with Gasteiger partial charge in [-0.3, -0.25) is 9.78 Å². The van der Waals surface area contributed by atoms with Crippen LogP contribution in [0.1, 0.15) is 37.1 Å². The number of piperidine rings is 2. The first-order valence-electron chi connectivity index (χ1n) is 9.50. The molecule has 2 saturated heterocycles. The second-order valence-electron chi connectivity index (χ2n) is 8.21. The molecule has 1 aromatic heterocycles. The zero-order chi connectivity index (χ0) is 18.0. The molecule has 138 valence electrons. The molecule has 0 atom stereocenters. The van der Waals surface area contributed by atoms with E-state index >= 15 is 0 Å². The zero-order valence-electron chi connectivity index (χ0n) is 16.2. The molecule has 0 bridgehead atoms. The molecular formula is C20H32N4O. The van der Waals surface area contributed by atoms with Crippen LogP contribution in [0.15, 0.2) is 12.1 Å². The minimum Gasteiger partial charge on any atom is -0.371 e. The van der Waals surface area contributed by atoms with Crippen LogP contribution in [0, 0.1) is 19.3 Å². The van der Waals surface area contributed by atoms with Crippen molar-refractivity contribution >= 4 is 11.6 Å². The van der Waals surface area contributed by atoms with E-state index in [1.54, 1.807) is 0 Å². The van der Waals surface area contributed by atoms with E-state index in [-0.39, 0.29) is 0 Å². The summed E-state index contributed by atoms with van der Waals surface area (Å²) in [6, 6.07) is 4.39. The molecule has 25 heavy (non-hydrogen) atoms. The fraction of sp³-hybridized carbons (Fsp3) is 0.700. The Morgan fingerprint density at radius 3 is 2.36 bits per heavy atom. The van der Waals surface area contributed by atoms with Gasteiger partial charge < -0.3 is 14.7 Å². The van der Waals surface area contributed by atoms with Gasteiger partial charge in [0.2, 0.25) is 5.91 Å². The first-order valence-corrected chi connectivity index (χ1v) is 9.50. The third-order valence-electron chi connectivity index (χ3n) is 5.82. The molecule has 0 aliphatic carbocycles. The fourth-order valence-corrected chi connectivity index (χ4v) is 4.27. The number of hydrogen-bond acceptors (Lipinski definition) is 4. The normalized spacial score (nSPS) is 20.6. The van der Waals surface area contributed by atoms with Crippen LogP contribution in [-0.4, -0.2) is 67.5 Å². The van der Waals surface area contributed by atoms with E-state index in [0.717, 1.165) is 57.0 Å². The van der Waals surface area contributed by atoms with Gasteiger partial charge >= 0.3 is 0 Å². The van der Waals surface area contributed by atoms with E-state index in [9.17, 15) is 4.79 Å². The highest BCUT2D eigenvalue weighted by Crippen LogP contribution is 2.41. The third-order valence-corrected chi connectivity index (χ3v) is 5.82. The van der Waals surface area contributed by atoms with Crippen molar-refractivity contribution in [2.45, 2.75) is 39.5 Å². The number of hydrogen-bond donors (Lipinski definition) is 0. The van der Waals surface area contributed by atoms with Gasteiger partial charge in [-0.05, 0) is 64.8 Å². The topological polar surface area (TPSA) is 39.7 Å². The second-order valence-corrected chi connectivity index (χ2v) is 8.21. The van der Waals surface area contributed by atoms with E-state index in [1.807, 2.05) is 0 Å². The van der Waals surface area contributed by atoms with E-state index < -0.39 is 0 Å². The Labute approximate surface area is 152 Å². The zero-order valence-corrected chi connectivity index (χ0v) is 16.2. The van der Waals surface area contributed by atoms with E-state index in [0.29, 0.717) is 11.3 Å². The monoisotopic (exact) mass is 344 g/mol. The molecule has 2 aliphatic rings. The number of likely N-dealkylation sites (N-methyl/N-ethyl adjacent to an activating group) is 1. The molecule has 0 unspecified atom stereocenters. The summed E-state index contributed by atoms with van der Waals surface area (Å²) in [5.41, 5.74) is 3.81. The minimum absolute atomic E-state index is 0.327. The molecule has 3 rings (SSSR count). The van der Waals surface area contributed by atoms with E-state index in [2.05, 4.69) is 59.8 Å². The number of likely N-dealkylation sites (tertiary alicyclic amines) is 1. The Kier molecular flexibility index (Phi) is 5.32. The number of carbonyl (C=O) groups is 1. The number of pyridine rings is 1. The maximum Gasteiger partial charge on any atom is 0.222 e. The van der Waals surface area contributed by atoms with Gasteiger partial charge in [-0.1, -0.05) is 0 Å².